The maximum atomic E-state index is 15.2. The van der Waals surface area contributed by atoms with E-state index in [2.05, 4.69) is 11.9 Å². The van der Waals surface area contributed by atoms with E-state index in [1.807, 2.05) is 6.07 Å². The number of halogens is 3. The molecule has 29 heavy (non-hydrogen) atoms. The third-order valence-electron chi connectivity index (χ3n) is 4.63. The van der Waals surface area contributed by atoms with Crippen LogP contribution in [0.15, 0.2) is 59.4 Å². The van der Waals surface area contributed by atoms with Crippen LogP contribution in [0.5, 0.6) is 0 Å². The third-order valence-corrected chi connectivity index (χ3v) is 4.96. The van der Waals surface area contributed by atoms with Gasteiger partial charge in [0.1, 0.15) is 11.6 Å². The Morgan fingerprint density at radius 2 is 1.76 bits per heavy atom. The Bertz CT molecular complexity index is 1370. The van der Waals surface area contributed by atoms with E-state index in [0.717, 1.165) is 6.07 Å². The minimum atomic E-state index is -0.963. The average Bonchev–Trinajstić information content (AvgIpc) is 2.69. The molecular formula is C23H12ClF2N2O. The van der Waals surface area contributed by atoms with Gasteiger partial charge < -0.3 is 4.98 Å². The summed E-state index contributed by atoms with van der Waals surface area (Å²) >= 11 is 6.21. The lowest BCUT2D eigenvalue weighted by Gasteiger charge is -2.11. The van der Waals surface area contributed by atoms with Crippen LogP contribution >= 0.6 is 11.6 Å². The first-order valence-corrected chi connectivity index (χ1v) is 8.94. The number of benzene rings is 3. The van der Waals surface area contributed by atoms with Crippen molar-refractivity contribution in [2.24, 2.45) is 0 Å². The third kappa shape index (κ3) is 3.28. The van der Waals surface area contributed by atoms with Crippen molar-refractivity contribution in [2.45, 2.75) is 0 Å². The van der Waals surface area contributed by atoms with Crippen LogP contribution in [-0.2, 0) is 0 Å². The molecule has 4 aromatic rings. The maximum Gasteiger partial charge on any atom is 0.193 e. The molecule has 0 atom stereocenters. The van der Waals surface area contributed by atoms with Crippen molar-refractivity contribution in [3.05, 3.63) is 99.5 Å². The first kappa shape index (κ1) is 18.9. The highest BCUT2D eigenvalue weighted by molar-refractivity contribution is 6.33. The topological polar surface area (TPSA) is 56.6 Å². The Hall–Kier alpha value is -3.49. The van der Waals surface area contributed by atoms with Crippen molar-refractivity contribution in [1.29, 1.82) is 5.26 Å². The van der Waals surface area contributed by atoms with E-state index in [-0.39, 0.29) is 22.0 Å². The van der Waals surface area contributed by atoms with Crippen molar-refractivity contribution in [1.82, 2.24) is 4.98 Å². The van der Waals surface area contributed by atoms with E-state index < -0.39 is 17.1 Å². The molecule has 0 unspecified atom stereocenters. The monoisotopic (exact) mass is 405 g/mol. The van der Waals surface area contributed by atoms with Crippen LogP contribution < -0.4 is 5.43 Å². The standard InChI is InChI=1S/C23H12ClF2N2O/c1-12-2-7-16(24)15(8-12)18-10-20(29)22-19(28-18)9-17(25)21(23(22)26)14-5-3-13(11-27)4-6-14/h2-10H,1H2,(H,28,29). The average molecular weight is 406 g/mol. The number of aromatic amines is 1. The number of hydrogen-bond acceptors (Lipinski definition) is 2. The van der Waals surface area contributed by atoms with Crippen LogP contribution in [0.25, 0.3) is 33.3 Å². The molecule has 0 spiro atoms. The highest BCUT2D eigenvalue weighted by Crippen LogP contribution is 2.32. The number of nitrogens with one attached hydrogen (secondary N) is 1. The smallest absolute Gasteiger partial charge is 0.193 e. The van der Waals surface area contributed by atoms with Gasteiger partial charge in [0.15, 0.2) is 5.43 Å². The fourth-order valence-corrected chi connectivity index (χ4v) is 3.46. The highest BCUT2D eigenvalue weighted by Gasteiger charge is 2.19. The SMILES string of the molecule is [CH2]c1ccc(Cl)c(-c2cc(=O)c3c(F)c(-c4ccc(C#N)cc4)c(F)cc3[nH]2)c1. The number of aromatic nitrogens is 1. The minimum absolute atomic E-state index is 0.0189. The van der Waals surface area contributed by atoms with Crippen LogP contribution in [0, 0.1) is 29.9 Å². The van der Waals surface area contributed by atoms with E-state index in [9.17, 15) is 9.18 Å². The van der Waals surface area contributed by atoms with Crippen LogP contribution in [0.3, 0.4) is 0 Å². The Morgan fingerprint density at radius 1 is 1.03 bits per heavy atom. The molecule has 3 nitrogen and oxygen atoms in total. The molecule has 0 aliphatic rings. The van der Waals surface area contributed by atoms with Crippen LogP contribution in [-0.4, -0.2) is 4.98 Å². The summed E-state index contributed by atoms with van der Waals surface area (Å²) in [5, 5.41) is 9.01. The van der Waals surface area contributed by atoms with E-state index >= 15 is 4.39 Å². The van der Waals surface area contributed by atoms with Crippen molar-refractivity contribution in [3.63, 3.8) is 0 Å². The van der Waals surface area contributed by atoms with Gasteiger partial charge in [0.25, 0.3) is 0 Å². The molecule has 0 aliphatic heterocycles. The van der Waals surface area contributed by atoms with Gasteiger partial charge in [-0.15, -0.1) is 0 Å². The molecule has 0 saturated carbocycles. The van der Waals surface area contributed by atoms with E-state index in [1.165, 1.54) is 30.3 Å². The maximum absolute atomic E-state index is 15.2. The summed E-state index contributed by atoms with van der Waals surface area (Å²) in [6.07, 6.45) is 0. The molecule has 1 aromatic heterocycles. The van der Waals surface area contributed by atoms with Gasteiger partial charge in [0.2, 0.25) is 0 Å². The number of pyridine rings is 1. The fraction of sp³-hybridized carbons (Fsp3) is 0. The number of rotatable bonds is 2. The second kappa shape index (κ2) is 7.16. The molecular weight excluding hydrogens is 394 g/mol. The van der Waals surface area contributed by atoms with Gasteiger partial charge in [-0.1, -0.05) is 29.8 Å². The van der Waals surface area contributed by atoms with Gasteiger partial charge in [-0.05, 0) is 48.4 Å². The molecule has 4 rings (SSSR count). The van der Waals surface area contributed by atoms with Gasteiger partial charge in [-0.2, -0.15) is 5.26 Å². The first-order valence-electron chi connectivity index (χ1n) is 8.56. The van der Waals surface area contributed by atoms with Crippen LogP contribution in [0.4, 0.5) is 8.78 Å². The van der Waals surface area contributed by atoms with Gasteiger partial charge in [-0.3, -0.25) is 4.79 Å². The fourth-order valence-electron chi connectivity index (χ4n) is 3.24. The van der Waals surface area contributed by atoms with E-state index in [4.69, 9.17) is 16.9 Å². The first-order chi connectivity index (χ1) is 13.9. The molecule has 1 N–H and O–H groups in total. The van der Waals surface area contributed by atoms with Crippen molar-refractivity contribution in [2.75, 3.05) is 0 Å². The highest BCUT2D eigenvalue weighted by atomic mass is 35.5. The predicted molar refractivity (Wildman–Crippen MR) is 110 cm³/mol. The largest absolute Gasteiger partial charge is 0.354 e. The molecule has 0 amide bonds. The zero-order chi connectivity index (χ0) is 20.7. The molecule has 1 heterocycles. The summed E-state index contributed by atoms with van der Waals surface area (Å²) < 4.78 is 30.0. The van der Waals surface area contributed by atoms with Crippen molar-refractivity contribution in [3.8, 4) is 28.5 Å². The van der Waals surface area contributed by atoms with Crippen LogP contribution in [0.1, 0.15) is 11.1 Å². The lowest BCUT2D eigenvalue weighted by molar-refractivity contribution is 0.597. The summed E-state index contributed by atoms with van der Waals surface area (Å²) in [6.45, 7) is 3.83. The lowest BCUT2D eigenvalue weighted by atomic mass is 9.99. The number of nitriles is 1. The Kier molecular flexibility index (Phi) is 4.65. The molecule has 0 aliphatic carbocycles. The van der Waals surface area contributed by atoms with Gasteiger partial charge in [0.05, 0.1) is 33.8 Å². The van der Waals surface area contributed by atoms with Gasteiger partial charge >= 0.3 is 0 Å². The number of hydrogen-bond donors (Lipinski definition) is 1. The molecule has 6 heteroatoms. The number of nitrogens with zero attached hydrogens (tertiary/aromatic N) is 1. The lowest BCUT2D eigenvalue weighted by Crippen LogP contribution is -2.08. The van der Waals surface area contributed by atoms with Crippen molar-refractivity contribution < 1.29 is 8.78 Å². The normalized spacial score (nSPS) is 10.9. The zero-order valence-electron chi connectivity index (χ0n) is 14.9. The second-order valence-corrected chi connectivity index (χ2v) is 6.93. The van der Waals surface area contributed by atoms with Crippen molar-refractivity contribution >= 4 is 22.5 Å². The van der Waals surface area contributed by atoms with Gasteiger partial charge in [0, 0.05) is 16.7 Å². The number of H-pyrrole nitrogens is 1. The van der Waals surface area contributed by atoms with Gasteiger partial charge in [-0.25, -0.2) is 8.78 Å². The summed E-state index contributed by atoms with van der Waals surface area (Å²) in [4.78, 5) is 15.6. The molecule has 0 bridgehead atoms. The Morgan fingerprint density at radius 3 is 2.45 bits per heavy atom. The molecule has 1 radical (unpaired) electrons. The zero-order valence-corrected chi connectivity index (χ0v) is 15.6. The van der Waals surface area contributed by atoms with E-state index in [0.29, 0.717) is 27.4 Å². The molecule has 141 valence electrons. The Labute approximate surface area is 169 Å². The molecule has 3 aromatic carbocycles. The summed E-state index contributed by atoms with van der Waals surface area (Å²) in [6, 6.07) is 15.1. The summed E-state index contributed by atoms with van der Waals surface area (Å²) in [5.74, 6) is -1.79. The predicted octanol–water partition coefficient (Wildman–Crippen LogP) is 5.85. The van der Waals surface area contributed by atoms with E-state index in [1.54, 1.807) is 18.2 Å². The Balaban J connectivity index is 1.96. The molecule has 0 fully saturated rings. The number of fused-ring (bicyclic) bond motifs is 1. The summed E-state index contributed by atoms with van der Waals surface area (Å²) in [5.41, 5.74) is 1.21. The second-order valence-electron chi connectivity index (χ2n) is 6.52. The summed E-state index contributed by atoms with van der Waals surface area (Å²) in [7, 11) is 0. The van der Waals surface area contributed by atoms with Crippen LogP contribution in [0.2, 0.25) is 5.02 Å². The quantitative estimate of drug-likeness (QED) is 0.455. The molecule has 0 saturated heterocycles. The minimum Gasteiger partial charge on any atom is -0.354 e.